The first-order valence-corrected chi connectivity index (χ1v) is 13.1. The molecular weight excluding hydrogens is 446 g/mol. The lowest BCUT2D eigenvalue weighted by Crippen LogP contribution is -2.44. The zero-order valence-electron chi connectivity index (χ0n) is 19.4. The average Bonchev–Trinajstić information content (AvgIpc) is 2.86. The van der Waals surface area contributed by atoms with Crippen molar-refractivity contribution in [3.63, 3.8) is 0 Å². The van der Waals surface area contributed by atoms with Gasteiger partial charge in [-0.1, -0.05) is 60.7 Å². The molecule has 178 valence electrons. The molecule has 4 rings (SSSR count). The number of carbonyl (C=O) groups excluding carboxylic acids is 1. The number of sulfonamides is 1. The van der Waals surface area contributed by atoms with Crippen molar-refractivity contribution in [1.82, 2.24) is 14.9 Å². The summed E-state index contributed by atoms with van der Waals surface area (Å²) in [7, 11) is -3.72. The molecule has 1 heterocycles. The monoisotopic (exact) mass is 477 g/mol. The van der Waals surface area contributed by atoms with Crippen molar-refractivity contribution in [2.45, 2.75) is 43.8 Å². The van der Waals surface area contributed by atoms with E-state index in [1.807, 2.05) is 30.3 Å². The zero-order chi connectivity index (χ0) is 24.0. The molecule has 0 aromatic heterocycles. The lowest BCUT2D eigenvalue weighted by molar-refractivity contribution is 0.0908. The minimum atomic E-state index is -3.72. The van der Waals surface area contributed by atoms with Gasteiger partial charge in [-0.15, -0.1) is 0 Å². The summed E-state index contributed by atoms with van der Waals surface area (Å²) in [5, 5.41) is 3.09. The number of hydrogen-bond acceptors (Lipinski definition) is 4. The van der Waals surface area contributed by atoms with Gasteiger partial charge < -0.3 is 5.32 Å². The third-order valence-electron chi connectivity index (χ3n) is 6.29. The fourth-order valence-corrected chi connectivity index (χ4v) is 5.26. The van der Waals surface area contributed by atoms with E-state index in [4.69, 9.17) is 0 Å². The van der Waals surface area contributed by atoms with Crippen LogP contribution in [0.3, 0.4) is 0 Å². The van der Waals surface area contributed by atoms with Crippen LogP contribution in [-0.2, 0) is 23.1 Å². The van der Waals surface area contributed by atoms with Gasteiger partial charge in [-0.2, -0.15) is 0 Å². The van der Waals surface area contributed by atoms with Crippen molar-refractivity contribution in [2.75, 3.05) is 13.1 Å². The molecule has 1 amide bonds. The standard InChI is InChI=1S/C27H31N3O3S/c1-21-8-5-6-11-24(21)20-30-16-14-25(15-17-30)29-27(31)23-12-7-13-26(18-23)34(32,33)28-19-22-9-3-2-4-10-22/h2-13,18,25,28H,14-17,19-20H2,1H3,(H,29,31). The second kappa shape index (κ2) is 11.0. The SMILES string of the molecule is Cc1ccccc1CN1CCC(NC(=O)c2cccc(S(=O)(=O)NCc3ccccc3)c2)CC1. The third kappa shape index (κ3) is 6.32. The van der Waals surface area contributed by atoms with Crippen molar-refractivity contribution < 1.29 is 13.2 Å². The first-order valence-electron chi connectivity index (χ1n) is 11.6. The molecule has 3 aromatic carbocycles. The van der Waals surface area contributed by atoms with Crippen LogP contribution in [0.25, 0.3) is 0 Å². The molecule has 7 heteroatoms. The van der Waals surface area contributed by atoms with E-state index < -0.39 is 10.0 Å². The summed E-state index contributed by atoms with van der Waals surface area (Å²) in [6, 6.07) is 24.0. The molecule has 1 aliphatic heterocycles. The Balaban J connectivity index is 1.31. The fourth-order valence-electron chi connectivity index (χ4n) is 4.19. The van der Waals surface area contributed by atoms with Gasteiger partial charge in [0, 0.05) is 37.8 Å². The van der Waals surface area contributed by atoms with Crippen molar-refractivity contribution in [3.8, 4) is 0 Å². The van der Waals surface area contributed by atoms with Gasteiger partial charge >= 0.3 is 0 Å². The van der Waals surface area contributed by atoms with Crippen LogP contribution in [0.4, 0.5) is 0 Å². The molecule has 1 fully saturated rings. The number of nitrogens with zero attached hydrogens (tertiary/aromatic N) is 1. The van der Waals surface area contributed by atoms with E-state index in [9.17, 15) is 13.2 Å². The van der Waals surface area contributed by atoms with E-state index in [0.717, 1.165) is 38.0 Å². The molecule has 0 aliphatic carbocycles. The second-order valence-corrected chi connectivity index (χ2v) is 10.6. The lowest BCUT2D eigenvalue weighted by atomic mass is 10.0. The largest absolute Gasteiger partial charge is 0.349 e. The molecule has 0 atom stereocenters. The first kappa shape index (κ1) is 24.1. The Bertz CT molecular complexity index is 1220. The molecule has 0 spiro atoms. The molecule has 0 saturated carbocycles. The van der Waals surface area contributed by atoms with Crippen LogP contribution in [0.15, 0.2) is 83.8 Å². The predicted octanol–water partition coefficient (Wildman–Crippen LogP) is 3.87. The number of carbonyl (C=O) groups is 1. The molecule has 34 heavy (non-hydrogen) atoms. The van der Waals surface area contributed by atoms with Crippen LogP contribution < -0.4 is 10.0 Å². The number of nitrogens with one attached hydrogen (secondary N) is 2. The number of likely N-dealkylation sites (tertiary alicyclic amines) is 1. The number of piperidine rings is 1. The average molecular weight is 478 g/mol. The van der Waals surface area contributed by atoms with Crippen LogP contribution in [0.5, 0.6) is 0 Å². The van der Waals surface area contributed by atoms with E-state index >= 15 is 0 Å². The fraction of sp³-hybridized carbons (Fsp3) is 0.296. The van der Waals surface area contributed by atoms with Gasteiger partial charge in [-0.05, 0) is 54.7 Å². The number of hydrogen-bond donors (Lipinski definition) is 2. The van der Waals surface area contributed by atoms with Crippen molar-refractivity contribution in [2.24, 2.45) is 0 Å². The van der Waals surface area contributed by atoms with Crippen LogP contribution in [0.1, 0.15) is 39.9 Å². The zero-order valence-corrected chi connectivity index (χ0v) is 20.2. The lowest BCUT2D eigenvalue weighted by Gasteiger charge is -2.32. The maximum atomic E-state index is 12.8. The Morgan fingerprint density at radius 1 is 0.941 bits per heavy atom. The maximum absolute atomic E-state index is 12.8. The third-order valence-corrected chi connectivity index (χ3v) is 7.69. The van der Waals surface area contributed by atoms with Gasteiger partial charge in [0.25, 0.3) is 5.91 Å². The van der Waals surface area contributed by atoms with Crippen molar-refractivity contribution in [1.29, 1.82) is 0 Å². The Hall–Kier alpha value is -3.00. The van der Waals surface area contributed by atoms with Gasteiger partial charge in [-0.25, -0.2) is 13.1 Å². The summed E-state index contributed by atoms with van der Waals surface area (Å²) < 4.78 is 28.1. The Morgan fingerprint density at radius 3 is 2.38 bits per heavy atom. The summed E-state index contributed by atoms with van der Waals surface area (Å²) in [4.78, 5) is 15.3. The van der Waals surface area contributed by atoms with E-state index in [1.54, 1.807) is 12.1 Å². The smallest absolute Gasteiger partial charge is 0.251 e. The van der Waals surface area contributed by atoms with Crippen LogP contribution in [-0.4, -0.2) is 38.4 Å². The van der Waals surface area contributed by atoms with Gasteiger partial charge in [0.15, 0.2) is 0 Å². The molecule has 0 radical (unpaired) electrons. The summed E-state index contributed by atoms with van der Waals surface area (Å²) in [6.45, 7) is 5.08. The summed E-state index contributed by atoms with van der Waals surface area (Å²) in [6.07, 6.45) is 1.74. The van der Waals surface area contributed by atoms with E-state index in [1.165, 1.54) is 23.3 Å². The topological polar surface area (TPSA) is 78.5 Å². The summed E-state index contributed by atoms with van der Waals surface area (Å²) >= 11 is 0. The van der Waals surface area contributed by atoms with Crippen LogP contribution in [0.2, 0.25) is 0 Å². The Kier molecular flexibility index (Phi) is 7.77. The van der Waals surface area contributed by atoms with E-state index in [0.29, 0.717) is 5.56 Å². The summed E-state index contributed by atoms with van der Waals surface area (Å²) in [5.74, 6) is -0.238. The molecule has 1 aliphatic rings. The molecular formula is C27H31N3O3S. The van der Waals surface area contributed by atoms with E-state index in [-0.39, 0.29) is 23.4 Å². The molecule has 3 aromatic rings. The van der Waals surface area contributed by atoms with Gasteiger partial charge in [0.2, 0.25) is 10.0 Å². The highest BCUT2D eigenvalue weighted by Crippen LogP contribution is 2.17. The molecule has 2 N–H and O–H groups in total. The number of rotatable bonds is 8. The van der Waals surface area contributed by atoms with Gasteiger partial charge in [-0.3, -0.25) is 9.69 Å². The van der Waals surface area contributed by atoms with Crippen molar-refractivity contribution in [3.05, 3.63) is 101 Å². The van der Waals surface area contributed by atoms with E-state index in [2.05, 4.69) is 46.1 Å². The highest BCUT2D eigenvalue weighted by Gasteiger charge is 2.22. The number of aryl methyl sites for hydroxylation is 1. The molecule has 0 bridgehead atoms. The predicted molar refractivity (Wildman–Crippen MR) is 134 cm³/mol. The highest BCUT2D eigenvalue weighted by molar-refractivity contribution is 7.89. The summed E-state index contributed by atoms with van der Waals surface area (Å²) in [5.41, 5.74) is 3.86. The minimum Gasteiger partial charge on any atom is -0.349 e. The second-order valence-electron chi connectivity index (χ2n) is 8.79. The van der Waals surface area contributed by atoms with Crippen molar-refractivity contribution >= 4 is 15.9 Å². The normalized spacial score (nSPS) is 15.2. The van der Waals surface area contributed by atoms with Gasteiger partial charge in [0.1, 0.15) is 0 Å². The van der Waals surface area contributed by atoms with Crippen LogP contribution >= 0.6 is 0 Å². The Labute approximate surface area is 202 Å². The Morgan fingerprint density at radius 2 is 1.65 bits per heavy atom. The molecule has 0 unspecified atom stereocenters. The number of benzene rings is 3. The molecule has 6 nitrogen and oxygen atoms in total. The van der Waals surface area contributed by atoms with Crippen LogP contribution in [0, 0.1) is 6.92 Å². The first-order chi connectivity index (χ1) is 16.4. The number of amides is 1. The highest BCUT2D eigenvalue weighted by atomic mass is 32.2. The minimum absolute atomic E-state index is 0.0806. The van der Waals surface area contributed by atoms with Gasteiger partial charge in [0.05, 0.1) is 4.90 Å². The molecule has 1 saturated heterocycles. The quantitative estimate of drug-likeness (QED) is 0.516. The maximum Gasteiger partial charge on any atom is 0.251 e.